The van der Waals surface area contributed by atoms with Crippen molar-refractivity contribution in [1.82, 2.24) is 0 Å². The summed E-state index contributed by atoms with van der Waals surface area (Å²) in [5, 5.41) is 4.32. The van der Waals surface area contributed by atoms with Gasteiger partial charge in [0.1, 0.15) is 0 Å². The Kier molecular flexibility index (Phi) is 9.93. The van der Waals surface area contributed by atoms with Gasteiger partial charge in [0.25, 0.3) is 0 Å². The molecule has 22 heavy (non-hydrogen) atoms. The number of rotatable bonds is 4. The Bertz CT molecular complexity index is 599. The van der Waals surface area contributed by atoms with Gasteiger partial charge in [-0.15, -0.1) is 12.7 Å². The van der Waals surface area contributed by atoms with Gasteiger partial charge in [-0.3, -0.25) is 4.99 Å². The number of allylic oxidation sites excluding steroid dienone is 1. The fraction of sp³-hybridized carbons (Fsp3) is 0.118. The number of benzene rings is 2. The van der Waals surface area contributed by atoms with Crippen LogP contribution >= 0.6 is 18.6 Å². The first kappa shape index (κ1) is 19.0. The average molecular weight is 368 g/mol. The van der Waals surface area contributed by atoms with Crippen LogP contribution in [0.1, 0.15) is 12.5 Å². The number of hydrogen-bond acceptors (Lipinski definition) is 1. The molecule has 0 aromatic heterocycles. The van der Waals surface area contributed by atoms with Crippen LogP contribution in [0.25, 0.3) is 11.0 Å². The van der Waals surface area contributed by atoms with Gasteiger partial charge in [0, 0.05) is 5.71 Å². The molecular formula is C17H17Cl2N2Ti-. The molecule has 0 aliphatic rings. The van der Waals surface area contributed by atoms with E-state index in [9.17, 15) is 0 Å². The monoisotopic (exact) mass is 367 g/mol. The molecule has 2 nitrogen and oxygen atoms in total. The Morgan fingerprint density at radius 1 is 1.00 bits per heavy atom. The number of hydrogen-bond donors (Lipinski definition) is 0. The van der Waals surface area contributed by atoms with Crippen molar-refractivity contribution in [2.75, 3.05) is 7.05 Å². The Morgan fingerprint density at radius 3 is 2.00 bits per heavy atom. The predicted octanol–water partition coefficient (Wildman–Crippen LogP) is 6.20. The van der Waals surface area contributed by atoms with Crippen molar-refractivity contribution in [3.8, 4) is 0 Å². The molecule has 0 amide bonds. The van der Waals surface area contributed by atoms with Crippen LogP contribution in [0.4, 0.5) is 5.69 Å². The number of aliphatic imine (C=N–C) groups is 1. The molecule has 0 radical (unpaired) electrons. The van der Waals surface area contributed by atoms with E-state index in [0.717, 1.165) is 22.7 Å². The summed E-state index contributed by atoms with van der Waals surface area (Å²) in [5.41, 5.74) is 3.95. The molecule has 114 valence electrons. The first-order chi connectivity index (χ1) is 10.7. The maximum absolute atomic E-state index is 4.89. The van der Waals surface area contributed by atoms with Crippen molar-refractivity contribution in [2.24, 2.45) is 4.99 Å². The molecule has 2 aromatic carbocycles. The summed E-state index contributed by atoms with van der Waals surface area (Å²) in [6, 6.07) is 20.1. The summed E-state index contributed by atoms with van der Waals surface area (Å²) >= 11 is -0.556. The summed E-state index contributed by atoms with van der Waals surface area (Å²) in [6.07, 6.45) is 2.00. The molecular weight excluding hydrogens is 351 g/mol. The van der Waals surface area contributed by atoms with Gasteiger partial charge in [0.2, 0.25) is 0 Å². The van der Waals surface area contributed by atoms with Crippen molar-refractivity contribution in [1.29, 1.82) is 0 Å². The molecule has 0 bridgehead atoms. The molecule has 0 saturated heterocycles. The number of nitrogens with zero attached hydrogens (tertiary/aromatic N) is 2. The Labute approximate surface area is 148 Å². The molecule has 0 atom stereocenters. The third kappa shape index (κ3) is 7.28. The van der Waals surface area contributed by atoms with E-state index in [1.165, 1.54) is 0 Å². The number of para-hydroxylation sites is 1. The van der Waals surface area contributed by atoms with Crippen LogP contribution in [0.15, 0.2) is 71.7 Å². The molecule has 2 aromatic rings. The van der Waals surface area contributed by atoms with E-state index >= 15 is 0 Å². The van der Waals surface area contributed by atoms with E-state index in [-0.39, 0.29) is 0 Å². The topological polar surface area (TPSA) is 26.5 Å². The van der Waals surface area contributed by atoms with Crippen LogP contribution in [-0.4, -0.2) is 12.8 Å². The van der Waals surface area contributed by atoms with E-state index in [2.05, 4.69) is 22.4 Å². The minimum absolute atomic E-state index is 0.556. The van der Waals surface area contributed by atoms with Gasteiger partial charge in [0.15, 0.2) is 0 Å². The van der Waals surface area contributed by atoms with Crippen LogP contribution in [0.3, 0.4) is 0 Å². The van der Waals surface area contributed by atoms with E-state index in [4.69, 9.17) is 18.6 Å². The van der Waals surface area contributed by atoms with Gasteiger partial charge < -0.3 is 5.32 Å². The second-order valence-corrected chi connectivity index (χ2v) is 6.86. The zero-order chi connectivity index (χ0) is 16.2. The van der Waals surface area contributed by atoms with Crippen molar-refractivity contribution in [3.05, 3.63) is 77.6 Å². The van der Waals surface area contributed by atoms with Gasteiger partial charge in [0.05, 0.1) is 5.69 Å². The molecule has 0 N–H and O–H groups in total. The maximum atomic E-state index is 4.89. The standard InChI is InChI=1S/C17H17N2.2ClH.Ti/c1-14(19-16-11-7-4-8-12-16)13-17(18-2)15-9-5-3-6-10-15;;;/h3-13H,1-2H3;2*1H;/q-1;;;+2/p-2. The third-order valence-corrected chi connectivity index (χ3v) is 2.72. The molecule has 0 fully saturated rings. The fourth-order valence-electron chi connectivity index (χ4n) is 1.82. The summed E-state index contributed by atoms with van der Waals surface area (Å²) in [4.78, 5) is 4.55. The molecule has 0 spiro atoms. The van der Waals surface area contributed by atoms with Crippen LogP contribution in [0, 0.1) is 0 Å². The SMILES string of the molecule is C[N-]C(=CC(C)=Nc1ccccc1)c1ccccc1.[Cl][Ti][Cl]. The zero-order valence-corrected chi connectivity index (χ0v) is 15.6. The van der Waals surface area contributed by atoms with Gasteiger partial charge in [-0.25, -0.2) is 0 Å². The normalized spacial score (nSPS) is 11.3. The van der Waals surface area contributed by atoms with Crippen molar-refractivity contribution in [2.45, 2.75) is 6.92 Å². The molecule has 5 heteroatoms. The second-order valence-electron chi connectivity index (χ2n) is 4.28. The minimum atomic E-state index is -0.556. The van der Waals surface area contributed by atoms with Crippen molar-refractivity contribution in [3.63, 3.8) is 0 Å². The summed E-state index contributed by atoms with van der Waals surface area (Å²) in [7, 11) is 11.6. The van der Waals surface area contributed by atoms with Gasteiger partial charge in [-0.05, 0) is 24.6 Å². The summed E-state index contributed by atoms with van der Waals surface area (Å²) in [6.45, 7) is 1.99. The predicted molar refractivity (Wildman–Crippen MR) is 94.6 cm³/mol. The van der Waals surface area contributed by atoms with E-state index < -0.39 is 17.0 Å². The van der Waals surface area contributed by atoms with Crippen molar-refractivity contribution < 1.29 is 17.0 Å². The molecule has 0 unspecified atom stereocenters. The third-order valence-electron chi connectivity index (χ3n) is 2.72. The van der Waals surface area contributed by atoms with Crippen LogP contribution in [-0.2, 0) is 17.0 Å². The van der Waals surface area contributed by atoms with Crippen LogP contribution in [0.2, 0.25) is 0 Å². The fourth-order valence-corrected chi connectivity index (χ4v) is 1.82. The van der Waals surface area contributed by atoms with Gasteiger partial charge in [-0.2, -0.15) is 0 Å². The van der Waals surface area contributed by atoms with Gasteiger partial charge >= 0.3 is 35.6 Å². The first-order valence-electron chi connectivity index (χ1n) is 6.64. The van der Waals surface area contributed by atoms with Crippen LogP contribution in [0.5, 0.6) is 0 Å². The summed E-state index contributed by atoms with van der Waals surface area (Å²) in [5.74, 6) is 0. The van der Waals surface area contributed by atoms with E-state index in [1.807, 2.05) is 61.5 Å². The molecule has 0 heterocycles. The molecule has 0 aliphatic carbocycles. The average Bonchev–Trinajstić information content (AvgIpc) is 2.55. The second kappa shape index (κ2) is 11.5. The van der Waals surface area contributed by atoms with E-state index in [1.54, 1.807) is 7.05 Å². The molecule has 2 rings (SSSR count). The Balaban J connectivity index is 0.000000745. The summed E-state index contributed by atoms with van der Waals surface area (Å²) < 4.78 is 0. The Morgan fingerprint density at radius 2 is 1.50 bits per heavy atom. The zero-order valence-electron chi connectivity index (χ0n) is 12.5. The molecule has 0 aliphatic heterocycles. The van der Waals surface area contributed by atoms with Crippen LogP contribution < -0.4 is 0 Å². The first-order valence-corrected chi connectivity index (χ1v) is 10.9. The van der Waals surface area contributed by atoms with Gasteiger partial charge in [-0.1, -0.05) is 54.6 Å². The molecule has 0 saturated carbocycles. The van der Waals surface area contributed by atoms with Crippen molar-refractivity contribution >= 4 is 35.7 Å². The quantitative estimate of drug-likeness (QED) is 0.454. The Hall–Kier alpha value is -1.06. The number of halogens is 2. The van der Waals surface area contributed by atoms with E-state index in [0.29, 0.717) is 0 Å².